The van der Waals surface area contributed by atoms with Crippen LogP contribution in [0.15, 0.2) is 121 Å². The van der Waals surface area contributed by atoms with Crippen LogP contribution in [0.3, 0.4) is 0 Å². The molecule has 0 unspecified atom stereocenters. The van der Waals surface area contributed by atoms with Crippen LogP contribution in [-0.4, -0.2) is 19.1 Å². The van der Waals surface area contributed by atoms with E-state index in [-0.39, 0.29) is 0 Å². The van der Waals surface area contributed by atoms with Gasteiger partial charge in [-0.05, 0) is 84.6 Å². The Balaban J connectivity index is 1.36. The molecule has 41 heavy (non-hydrogen) atoms. The number of hydrogen-bond donors (Lipinski definition) is 0. The summed E-state index contributed by atoms with van der Waals surface area (Å²) in [5.74, 6) is 0. The summed E-state index contributed by atoms with van der Waals surface area (Å²) in [5, 5.41) is 2.34. The maximum atomic E-state index is 5.03. The fraction of sp³-hybridized carbons (Fsp3) is 0.0811. The summed E-state index contributed by atoms with van der Waals surface area (Å²) in [6, 6.07) is 43.3. The number of pyridine rings is 2. The molecule has 8 aromatic rings. The lowest BCUT2D eigenvalue weighted by Gasteiger charge is -2.12. The van der Waals surface area contributed by atoms with Crippen molar-refractivity contribution in [2.75, 3.05) is 0 Å². The minimum Gasteiger partial charge on any atom is -0.320 e. The Kier molecular flexibility index (Phi) is 5.29. The van der Waals surface area contributed by atoms with Gasteiger partial charge in [0.05, 0.1) is 33.1 Å². The SMILES string of the molecule is Cc1ccc2c(n1)c1cc(-c3ccccc3)ccc1n2Cn1c2ccc(-c3ccccc3)cc2c2nc(C)ccc21. The van der Waals surface area contributed by atoms with E-state index >= 15 is 0 Å². The minimum atomic E-state index is 0.658. The predicted octanol–water partition coefficient (Wildman–Crippen LogP) is 9.15. The molecule has 4 heteroatoms. The third-order valence-corrected chi connectivity index (χ3v) is 8.19. The van der Waals surface area contributed by atoms with E-state index < -0.39 is 0 Å². The van der Waals surface area contributed by atoms with Crippen molar-refractivity contribution in [3.8, 4) is 22.3 Å². The number of benzene rings is 4. The molecule has 0 radical (unpaired) electrons. The van der Waals surface area contributed by atoms with E-state index in [4.69, 9.17) is 9.97 Å². The quantitative estimate of drug-likeness (QED) is 0.228. The minimum absolute atomic E-state index is 0.658. The Morgan fingerprint density at radius 2 is 0.854 bits per heavy atom. The summed E-state index contributed by atoms with van der Waals surface area (Å²) in [5.41, 5.74) is 13.6. The highest BCUT2D eigenvalue weighted by Gasteiger charge is 2.18. The molecule has 0 spiro atoms. The van der Waals surface area contributed by atoms with Crippen molar-refractivity contribution in [2.45, 2.75) is 20.5 Å². The highest BCUT2D eigenvalue weighted by Crippen LogP contribution is 2.35. The standard InChI is InChI=1S/C37H28N4/c1-24-13-17-34-36(38-24)30-21-28(26-9-5-3-6-10-26)15-19-32(30)40(34)23-41-33-20-16-29(27-11-7-4-8-12-27)22-31(33)37-35(41)18-14-25(2)39-37/h3-22H,23H2,1-2H3. The first-order valence-electron chi connectivity index (χ1n) is 14.0. The fourth-order valence-corrected chi connectivity index (χ4v) is 6.18. The molecule has 4 aromatic heterocycles. The van der Waals surface area contributed by atoms with Gasteiger partial charge in [0.25, 0.3) is 0 Å². The number of aromatic nitrogens is 4. The Bertz CT molecular complexity index is 2080. The number of hydrogen-bond acceptors (Lipinski definition) is 2. The molecule has 8 rings (SSSR count). The molecular weight excluding hydrogens is 500 g/mol. The van der Waals surface area contributed by atoms with E-state index in [1.807, 2.05) is 0 Å². The summed E-state index contributed by atoms with van der Waals surface area (Å²) >= 11 is 0. The summed E-state index contributed by atoms with van der Waals surface area (Å²) in [4.78, 5) is 10.1. The first-order chi connectivity index (χ1) is 20.1. The Morgan fingerprint density at radius 3 is 1.29 bits per heavy atom. The van der Waals surface area contributed by atoms with Crippen LogP contribution in [0.4, 0.5) is 0 Å². The lowest BCUT2D eigenvalue weighted by atomic mass is 10.0. The second-order valence-electron chi connectivity index (χ2n) is 10.8. The molecule has 0 saturated carbocycles. The molecule has 4 aromatic carbocycles. The van der Waals surface area contributed by atoms with E-state index in [0.717, 1.165) is 33.5 Å². The maximum Gasteiger partial charge on any atom is 0.100 e. The highest BCUT2D eigenvalue weighted by molar-refractivity contribution is 6.09. The number of nitrogens with zero attached hydrogens (tertiary/aromatic N) is 4. The molecule has 0 amide bonds. The normalized spacial score (nSPS) is 11.8. The van der Waals surface area contributed by atoms with Crippen molar-refractivity contribution in [3.05, 3.63) is 133 Å². The van der Waals surface area contributed by atoms with Gasteiger partial charge in [-0.3, -0.25) is 9.97 Å². The molecule has 196 valence electrons. The van der Waals surface area contributed by atoms with Gasteiger partial charge in [-0.25, -0.2) is 0 Å². The van der Waals surface area contributed by atoms with Crippen molar-refractivity contribution in [2.24, 2.45) is 0 Å². The number of rotatable bonds is 4. The summed E-state index contributed by atoms with van der Waals surface area (Å²) < 4.78 is 4.80. The van der Waals surface area contributed by atoms with Crippen LogP contribution in [0.5, 0.6) is 0 Å². The zero-order valence-electron chi connectivity index (χ0n) is 23.0. The summed E-state index contributed by atoms with van der Waals surface area (Å²) in [7, 11) is 0. The van der Waals surface area contributed by atoms with Crippen molar-refractivity contribution in [1.82, 2.24) is 19.1 Å². The van der Waals surface area contributed by atoms with Gasteiger partial charge < -0.3 is 9.13 Å². The van der Waals surface area contributed by atoms with Gasteiger partial charge in [-0.1, -0.05) is 72.8 Å². The zero-order chi connectivity index (χ0) is 27.5. The van der Waals surface area contributed by atoms with E-state index in [1.54, 1.807) is 0 Å². The first kappa shape index (κ1) is 23.6. The van der Waals surface area contributed by atoms with Gasteiger partial charge >= 0.3 is 0 Å². The second-order valence-corrected chi connectivity index (χ2v) is 10.8. The molecule has 0 fully saturated rings. The molecule has 0 aliphatic rings. The molecule has 0 atom stereocenters. The van der Waals surface area contributed by atoms with Gasteiger partial charge in [0.15, 0.2) is 0 Å². The van der Waals surface area contributed by atoms with E-state index in [2.05, 4.69) is 144 Å². The van der Waals surface area contributed by atoms with Gasteiger partial charge in [0.2, 0.25) is 0 Å². The van der Waals surface area contributed by atoms with E-state index in [1.165, 1.54) is 44.1 Å². The maximum absolute atomic E-state index is 5.03. The molecule has 0 bridgehead atoms. The molecule has 0 aliphatic carbocycles. The fourth-order valence-electron chi connectivity index (χ4n) is 6.18. The van der Waals surface area contributed by atoms with Crippen molar-refractivity contribution >= 4 is 43.9 Å². The van der Waals surface area contributed by atoms with Crippen LogP contribution in [0.25, 0.3) is 66.1 Å². The van der Waals surface area contributed by atoms with Crippen LogP contribution >= 0.6 is 0 Å². The Morgan fingerprint density at radius 1 is 0.439 bits per heavy atom. The van der Waals surface area contributed by atoms with Crippen LogP contribution in [0.2, 0.25) is 0 Å². The van der Waals surface area contributed by atoms with Gasteiger partial charge in [0, 0.05) is 22.2 Å². The van der Waals surface area contributed by atoms with Crippen LogP contribution < -0.4 is 0 Å². The zero-order valence-corrected chi connectivity index (χ0v) is 23.0. The van der Waals surface area contributed by atoms with E-state index in [9.17, 15) is 0 Å². The molecule has 4 heterocycles. The Labute approximate surface area is 238 Å². The third kappa shape index (κ3) is 3.83. The van der Waals surface area contributed by atoms with Crippen LogP contribution in [0.1, 0.15) is 11.4 Å². The smallest absolute Gasteiger partial charge is 0.100 e. The second kappa shape index (κ2) is 9.17. The summed E-state index contributed by atoms with van der Waals surface area (Å²) in [6.07, 6.45) is 0. The van der Waals surface area contributed by atoms with Crippen molar-refractivity contribution < 1.29 is 0 Å². The van der Waals surface area contributed by atoms with Crippen molar-refractivity contribution in [1.29, 1.82) is 0 Å². The Hall–Kier alpha value is -5.22. The van der Waals surface area contributed by atoms with E-state index in [0.29, 0.717) is 6.67 Å². The highest BCUT2D eigenvalue weighted by atomic mass is 15.2. The molecule has 4 nitrogen and oxygen atoms in total. The predicted molar refractivity (Wildman–Crippen MR) is 170 cm³/mol. The lowest BCUT2D eigenvalue weighted by Crippen LogP contribution is -2.08. The third-order valence-electron chi connectivity index (χ3n) is 8.19. The van der Waals surface area contributed by atoms with Gasteiger partial charge in [-0.2, -0.15) is 0 Å². The number of fused-ring (bicyclic) bond motifs is 6. The van der Waals surface area contributed by atoms with Crippen molar-refractivity contribution in [3.63, 3.8) is 0 Å². The van der Waals surface area contributed by atoms with Gasteiger partial charge in [-0.15, -0.1) is 0 Å². The molecule has 0 saturated heterocycles. The largest absolute Gasteiger partial charge is 0.320 e. The molecule has 0 aliphatic heterocycles. The molecule has 0 N–H and O–H groups in total. The number of aryl methyl sites for hydroxylation is 2. The lowest BCUT2D eigenvalue weighted by molar-refractivity contribution is 0.682. The van der Waals surface area contributed by atoms with Gasteiger partial charge in [0.1, 0.15) is 6.67 Å². The molecular formula is C37H28N4. The average molecular weight is 529 g/mol. The summed E-state index contributed by atoms with van der Waals surface area (Å²) in [6.45, 7) is 4.79. The van der Waals surface area contributed by atoms with Crippen LogP contribution in [-0.2, 0) is 6.67 Å². The monoisotopic (exact) mass is 528 g/mol. The van der Waals surface area contributed by atoms with Crippen LogP contribution in [0, 0.1) is 13.8 Å². The first-order valence-corrected chi connectivity index (χ1v) is 14.0. The average Bonchev–Trinajstić information content (AvgIpc) is 3.49. The topological polar surface area (TPSA) is 35.6 Å².